The predicted molar refractivity (Wildman–Crippen MR) is 184 cm³/mol. The molecular weight excluding hydrogens is 580 g/mol. The molecule has 4 aromatic rings. The normalized spacial score (nSPS) is 10.9. The zero-order valence-corrected chi connectivity index (χ0v) is 26.4. The Hall–Kier alpha value is -4.41. The number of hydrogen-bond donors (Lipinski definition) is 4. The molecule has 0 bridgehead atoms. The van der Waals surface area contributed by atoms with Crippen LogP contribution in [0, 0.1) is 0 Å². The summed E-state index contributed by atoms with van der Waals surface area (Å²) < 4.78 is 23.6. The molecule has 0 saturated carbocycles. The largest absolute Gasteiger partial charge is 0.493 e. The van der Waals surface area contributed by atoms with E-state index in [1.165, 1.54) is 0 Å². The summed E-state index contributed by atoms with van der Waals surface area (Å²) in [6, 6.07) is 26.7. The van der Waals surface area contributed by atoms with Gasteiger partial charge in [0.25, 0.3) is 0 Å². The molecule has 244 valence electrons. The van der Waals surface area contributed by atoms with Crippen molar-refractivity contribution in [3.05, 3.63) is 96.1 Å². The smallest absolute Gasteiger partial charge is 0.193 e. The quantitative estimate of drug-likeness (QED) is 0.0768. The molecule has 0 amide bonds. The first-order chi connectivity index (χ1) is 22.5. The highest BCUT2D eigenvalue weighted by molar-refractivity contribution is 6.09. The van der Waals surface area contributed by atoms with Gasteiger partial charge in [-0.05, 0) is 98.4 Å². The molecular formula is C37H46N4O5. The predicted octanol–water partition coefficient (Wildman–Crippen LogP) is 5.16. The average Bonchev–Trinajstić information content (AvgIpc) is 3.08. The molecule has 0 atom stereocenters. The highest BCUT2D eigenvalue weighted by Crippen LogP contribution is 2.32. The van der Waals surface area contributed by atoms with E-state index in [0.29, 0.717) is 86.7 Å². The minimum atomic E-state index is -0.0625. The fraction of sp³-hybridized carbons (Fsp3) is 0.324. The summed E-state index contributed by atoms with van der Waals surface area (Å²) >= 11 is 0. The average molecular weight is 627 g/mol. The van der Waals surface area contributed by atoms with Gasteiger partial charge in [-0.25, -0.2) is 0 Å². The first kappa shape index (κ1) is 34.5. The molecule has 0 fully saturated rings. The Balaban J connectivity index is 1.50. The lowest BCUT2D eigenvalue weighted by molar-refractivity contribution is 0.103. The molecule has 0 unspecified atom stereocenters. The molecule has 0 spiro atoms. The van der Waals surface area contributed by atoms with E-state index in [4.69, 9.17) is 41.9 Å². The van der Waals surface area contributed by atoms with E-state index < -0.39 is 0 Å². The molecule has 4 aromatic carbocycles. The van der Waals surface area contributed by atoms with Crippen molar-refractivity contribution < 1.29 is 23.7 Å². The van der Waals surface area contributed by atoms with Gasteiger partial charge in [0.2, 0.25) is 0 Å². The molecule has 0 aliphatic heterocycles. The molecule has 0 aliphatic rings. The van der Waals surface area contributed by atoms with Crippen LogP contribution in [-0.4, -0.2) is 58.4 Å². The number of carbonyl (C=O) groups is 1. The molecule has 9 nitrogen and oxygen atoms in total. The van der Waals surface area contributed by atoms with Crippen LogP contribution in [0.2, 0.25) is 0 Å². The fourth-order valence-electron chi connectivity index (χ4n) is 4.70. The monoisotopic (exact) mass is 626 g/mol. The van der Waals surface area contributed by atoms with E-state index in [1.54, 1.807) is 0 Å². The van der Waals surface area contributed by atoms with Crippen LogP contribution < -0.4 is 41.9 Å². The van der Waals surface area contributed by atoms with Crippen LogP contribution >= 0.6 is 0 Å². The second-order valence-corrected chi connectivity index (χ2v) is 10.8. The highest BCUT2D eigenvalue weighted by Gasteiger charge is 2.13. The van der Waals surface area contributed by atoms with Gasteiger partial charge in [0, 0.05) is 23.3 Å². The molecule has 9 heteroatoms. The van der Waals surface area contributed by atoms with Gasteiger partial charge in [0.1, 0.15) is 23.0 Å². The maximum absolute atomic E-state index is 13.4. The van der Waals surface area contributed by atoms with Crippen molar-refractivity contribution in [1.82, 2.24) is 0 Å². The van der Waals surface area contributed by atoms with Gasteiger partial charge in [-0.1, -0.05) is 48.5 Å². The van der Waals surface area contributed by atoms with E-state index in [-0.39, 0.29) is 5.78 Å². The summed E-state index contributed by atoms with van der Waals surface area (Å²) in [5, 5.41) is 0. The van der Waals surface area contributed by atoms with Gasteiger partial charge >= 0.3 is 0 Å². The second-order valence-electron chi connectivity index (χ2n) is 10.8. The zero-order chi connectivity index (χ0) is 32.6. The van der Waals surface area contributed by atoms with Crippen LogP contribution in [0.15, 0.2) is 84.9 Å². The summed E-state index contributed by atoms with van der Waals surface area (Å²) in [6.07, 6.45) is 3.02. The van der Waals surface area contributed by atoms with Crippen LogP contribution in [0.1, 0.15) is 41.6 Å². The highest BCUT2D eigenvalue weighted by atomic mass is 16.5. The van der Waals surface area contributed by atoms with Crippen molar-refractivity contribution in [1.29, 1.82) is 0 Å². The van der Waals surface area contributed by atoms with Crippen LogP contribution in [0.3, 0.4) is 0 Å². The zero-order valence-electron chi connectivity index (χ0n) is 26.4. The third-order valence-electron chi connectivity index (χ3n) is 7.19. The summed E-state index contributed by atoms with van der Waals surface area (Å²) in [6.45, 7) is 4.31. The van der Waals surface area contributed by atoms with Gasteiger partial charge in [-0.3, -0.25) is 4.79 Å². The van der Waals surface area contributed by atoms with Crippen molar-refractivity contribution in [3.8, 4) is 45.3 Å². The second kappa shape index (κ2) is 18.5. The van der Waals surface area contributed by atoms with Gasteiger partial charge in [-0.2, -0.15) is 0 Å². The van der Waals surface area contributed by atoms with Crippen molar-refractivity contribution in [2.45, 2.75) is 25.7 Å². The van der Waals surface area contributed by atoms with Crippen LogP contribution in [0.4, 0.5) is 0 Å². The lowest BCUT2D eigenvalue weighted by atomic mass is 9.97. The standard InChI is InChI=1S/C37H46N4O5/c38-13-1-17-43-33-21-31(22-34(25-33)44-18-2-14-39)27-5-9-29(10-6-27)37(42)30-11-7-28(8-12-30)32-23-35(45-19-3-15-40)26-36(24-32)46-20-4-16-41/h5-12,21-26H,1-4,13-20,38-41H2. The van der Waals surface area contributed by atoms with E-state index in [0.717, 1.165) is 47.9 Å². The van der Waals surface area contributed by atoms with Gasteiger partial charge in [-0.15, -0.1) is 0 Å². The van der Waals surface area contributed by atoms with E-state index >= 15 is 0 Å². The van der Waals surface area contributed by atoms with Crippen LogP contribution in [-0.2, 0) is 0 Å². The summed E-state index contributed by atoms with van der Waals surface area (Å²) in [7, 11) is 0. The Bertz CT molecular complexity index is 1340. The molecule has 0 saturated heterocycles. The minimum Gasteiger partial charge on any atom is -0.493 e. The van der Waals surface area contributed by atoms with Gasteiger partial charge in [0.15, 0.2) is 5.78 Å². The molecule has 0 radical (unpaired) electrons. The Morgan fingerprint density at radius 1 is 0.413 bits per heavy atom. The maximum Gasteiger partial charge on any atom is 0.193 e. The topological polar surface area (TPSA) is 158 Å². The van der Waals surface area contributed by atoms with Crippen molar-refractivity contribution >= 4 is 5.78 Å². The van der Waals surface area contributed by atoms with Crippen LogP contribution in [0.25, 0.3) is 22.3 Å². The molecule has 0 aliphatic carbocycles. The molecule has 0 aromatic heterocycles. The SMILES string of the molecule is NCCCOc1cc(OCCCN)cc(-c2ccc(C(=O)c3ccc(-c4cc(OCCCN)cc(OCCCN)c4)cc3)cc2)c1. The summed E-state index contributed by atoms with van der Waals surface area (Å²) in [5.74, 6) is 2.76. The Kier molecular flexibility index (Phi) is 13.9. The lowest BCUT2D eigenvalue weighted by Gasteiger charge is -2.13. The Morgan fingerprint density at radius 3 is 0.957 bits per heavy atom. The number of hydrogen-bond acceptors (Lipinski definition) is 9. The van der Waals surface area contributed by atoms with Gasteiger partial charge < -0.3 is 41.9 Å². The molecule has 0 heterocycles. The fourth-order valence-corrected chi connectivity index (χ4v) is 4.70. The molecule has 8 N–H and O–H groups in total. The maximum atomic E-state index is 13.4. The van der Waals surface area contributed by atoms with Crippen molar-refractivity contribution in [2.75, 3.05) is 52.6 Å². The van der Waals surface area contributed by atoms with Crippen LogP contribution in [0.5, 0.6) is 23.0 Å². The molecule has 46 heavy (non-hydrogen) atoms. The first-order valence-electron chi connectivity index (χ1n) is 15.9. The summed E-state index contributed by atoms with van der Waals surface area (Å²) in [5.41, 5.74) is 27.4. The number of ether oxygens (including phenoxy) is 4. The number of ketones is 1. The van der Waals surface area contributed by atoms with E-state index in [2.05, 4.69) is 0 Å². The van der Waals surface area contributed by atoms with E-state index in [9.17, 15) is 4.79 Å². The Labute approximate surface area is 271 Å². The third-order valence-corrected chi connectivity index (χ3v) is 7.19. The number of benzene rings is 4. The van der Waals surface area contributed by atoms with E-state index in [1.807, 2.05) is 84.9 Å². The first-order valence-corrected chi connectivity index (χ1v) is 15.9. The van der Waals surface area contributed by atoms with Gasteiger partial charge in [0.05, 0.1) is 26.4 Å². The van der Waals surface area contributed by atoms with Crippen molar-refractivity contribution in [2.24, 2.45) is 22.9 Å². The number of carbonyl (C=O) groups excluding carboxylic acids is 1. The van der Waals surface area contributed by atoms with Crippen molar-refractivity contribution in [3.63, 3.8) is 0 Å². The number of rotatable bonds is 20. The summed E-state index contributed by atoms with van der Waals surface area (Å²) in [4.78, 5) is 13.4. The number of nitrogens with two attached hydrogens (primary N) is 4. The lowest BCUT2D eigenvalue weighted by Crippen LogP contribution is -2.07. The molecule has 4 rings (SSSR count). The minimum absolute atomic E-state index is 0.0625. The Morgan fingerprint density at radius 2 is 0.696 bits per heavy atom. The third kappa shape index (κ3) is 10.3.